The summed E-state index contributed by atoms with van der Waals surface area (Å²) < 4.78 is 0. The Morgan fingerprint density at radius 1 is 1.00 bits per heavy atom. The van der Waals surface area contributed by atoms with E-state index in [1.165, 1.54) is 0 Å². The average molecular weight is 205 g/mol. The molecular formula is C13H7N3. The van der Waals surface area contributed by atoms with E-state index in [9.17, 15) is 0 Å². The molecule has 2 aromatic rings. The van der Waals surface area contributed by atoms with Gasteiger partial charge in [-0.2, -0.15) is 10.5 Å². The number of hydrogen-bond donors (Lipinski definition) is 0. The smallest absolute Gasteiger partial charge is 0.0998 e. The molecule has 0 amide bonds. The first-order valence-corrected chi connectivity index (χ1v) is 4.71. The van der Waals surface area contributed by atoms with Crippen molar-refractivity contribution in [3.05, 3.63) is 53.7 Å². The van der Waals surface area contributed by atoms with Crippen molar-refractivity contribution in [2.45, 2.75) is 0 Å². The van der Waals surface area contributed by atoms with Gasteiger partial charge in [0, 0.05) is 11.8 Å². The molecule has 74 valence electrons. The lowest BCUT2D eigenvalue weighted by Crippen LogP contribution is -1.88. The predicted molar refractivity (Wildman–Crippen MR) is 59.1 cm³/mol. The lowest BCUT2D eigenvalue weighted by Gasteiger charge is -2.02. The highest BCUT2D eigenvalue weighted by Gasteiger charge is 2.06. The van der Waals surface area contributed by atoms with E-state index in [2.05, 4.69) is 17.1 Å². The van der Waals surface area contributed by atoms with Gasteiger partial charge in [-0.15, -0.1) is 0 Å². The first-order valence-electron chi connectivity index (χ1n) is 4.71. The molecular weight excluding hydrogens is 198 g/mol. The van der Waals surface area contributed by atoms with Crippen LogP contribution in [0.25, 0.3) is 11.3 Å². The maximum absolute atomic E-state index is 8.98. The molecule has 2 rings (SSSR count). The fourth-order valence-electron chi connectivity index (χ4n) is 1.45. The SMILES string of the molecule is N#Cc1ccc(C#N)c(-c2ccccn2)c1. The third kappa shape index (κ3) is 1.75. The molecule has 3 nitrogen and oxygen atoms in total. The van der Waals surface area contributed by atoms with Gasteiger partial charge in [0.05, 0.1) is 29.0 Å². The highest BCUT2D eigenvalue weighted by atomic mass is 14.7. The minimum Gasteiger partial charge on any atom is -0.256 e. The zero-order valence-corrected chi connectivity index (χ0v) is 8.38. The Morgan fingerprint density at radius 3 is 2.50 bits per heavy atom. The number of rotatable bonds is 1. The van der Waals surface area contributed by atoms with E-state index in [1.807, 2.05) is 18.2 Å². The zero-order chi connectivity index (χ0) is 11.4. The van der Waals surface area contributed by atoms with Gasteiger partial charge in [0.25, 0.3) is 0 Å². The Bertz CT molecular complexity index is 589. The molecule has 0 N–H and O–H groups in total. The van der Waals surface area contributed by atoms with Crippen LogP contribution >= 0.6 is 0 Å². The van der Waals surface area contributed by atoms with Gasteiger partial charge < -0.3 is 0 Å². The molecule has 0 radical (unpaired) electrons. The van der Waals surface area contributed by atoms with Crippen molar-refractivity contribution in [1.82, 2.24) is 4.98 Å². The van der Waals surface area contributed by atoms with Gasteiger partial charge in [-0.05, 0) is 30.3 Å². The standard InChI is InChI=1S/C13H7N3/c14-8-10-4-5-11(9-15)12(7-10)13-3-1-2-6-16-13/h1-7H. The van der Waals surface area contributed by atoms with Crippen molar-refractivity contribution in [2.75, 3.05) is 0 Å². The van der Waals surface area contributed by atoms with Crippen molar-refractivity contribution in [3.63, 3.8) is 0 Å². The zero-order valence-electron chi connectivity index (χ0n) is 8.38. The largest absolute Gasteiger partial charge is 0.256 e. The maximum Gasteiger partial charge on any atom is 0.0998 e. The molecule has 3 heteroatoms. The monoisotopic (exact) mass is 205 g/mol. The lowest BCUT2D eigenvalue weighted by atomic mass is 10.0. The van der Waals surface area contributed by atoms with Gasteiger partial charge in [0.1, 0.15) is 0 Å². The summed E-state index contributed by atoms with van der Waals surface area (Å²) in [5.74, 6) is 0. The van der Waals surface area contributed by atoms with Crippen LogP contribution in [0.4, 0.5) is 0 Å². The van der Waals surface area contributed by atoms with Crippen LogP contribution in [0.15, 0.2) is 42.6 Å². The molecule has 1 aromatic heterocycles. The Morgan fingerprint density at radius 2 is 1.88 bits per heavy atom. The highest BCUT2D eigenvalue weighted by molar-refractivity contribution is 5.68. The third-order valence-electron chi connectivity index (χ3n) is 2.21. The van der Waals surface area contributed by atoms with Gasteiger partial charge in [-0.3, -0.25) is 4.98 Å². The molecule has 16 heavy (non-hydrogen) atoms. The molecule has 0 aliphatic heterocycles. The molecule has 1 heterocycles. The van der Waals surface area contributed by atoms with Crippen LogP contribution in [0, 0.1) is 22.7 Å². The van der Waals surface area contributed by atoms with Crippen LogP contribution in [-0.4, -0.2) is 4.98 Å². The normalized spacial score (nSPS) is 9.12. The molecule has 0 bridgehead atoms. The molecule has 1 aromatic carbocycles. The number of hydrogen-bond acceptors (Lipinski definition) is 3. The van der Waals surface area contributed by atoms with E-state index < -0.39 is 0 Å². The van der Waals surface area contributed by atoms with E-state index in [1.54, 1.807) is 24.4 Å². The molecule has 0 unspecified atom stereocenters. The van der Waals surface area contributed by atoms with Crippen molar-refractivity contribution in [1.29, 1.82) is 10.5 Å². The number of nitriles is 2. The van der Waals surface area contributed by atoms with E-state index in [4.69, 9.17) is 10.5 Å². The number of pyridine rings is 1. The summed E-state index contributed by atoms with van der Waals surface area (Å²) in [5.41, 5.74) is 2.45. The Kier molecular flexibility index (Phi) is 2.63. The maximum atomic E-state index is 8.98. The van der Waals surface area contributed by atoms with Gasteiger partial charge in [0.15, 0.2) is 0 Å². The van der Waals surface area contributed by atoms with E-state index in [0.29, 0.717) is 22.4 Å². The molecule has 0 aliphatic rings. The van der Waals surface area contributed by atoms with Crippen LogP contribution in [0.3, 0.4) is 0 Å². The van der Waals surface area contributed by atoms with Gasteiger partial charge in [-0.25, -0.2) is 0 Å². The molecule has 0 atom stereocenters. The summed E-state index contributed by atoms with van der Waals surface area (Å²) in [6.07, 6.45) is 1.66. The second-order valence-corrected chi connectivity index (χ2v) is 3.20. The Balaban J connectivity index is 2.65. The van der Waals surface area contributed by atoms with Crippen LogP contribution in [-0.2, 0) is 0 Å². The minimum absolute atomic E-state index is 0.526. The van der Waals surface area contributed by atoms with E-state index >= 15 is 0 Å². The number of aromatic nitrogens is 1. The first kappa shape index (κ1) is 9.89. The summed E-state index contributed by atoms with van der Waals surface area (Å²) in [7, 11) is 0. The van der Waals surface area contributed by atoms with Gasteiger partial charge in [-0.1, -0.05) is 6.07 Å². The second kappa shape index (κ2) is 4.25. The van der Waals surface area contributed by atoms with Gasteiger partial charge in [0.2, 0.25) is 0 Å². The fourth-order valence-corrected chi connectivity index (χ4v) is 1.45. The molecule has 0 saturated carbocycles. The van der Waals surface area contributed by atoms with Gasteiger partial charge >= 0.3 is 0 Å². The summed E-state index contributed by atoms with van der Waals surface area (Å²) in [6.45, 7) is 0. The average Bonchev–Trinajstić information content (AvgIpc) is 2.39. The van der Waals surface area contributed by atoms with Crippen molar-refractivity contribution >= 4 is 0 Å². The quantitative estimate of drug-likeness (QED) is 0.718. The number of nitrogens with zero attached hydrogens (tertiary/aromatic N) is 3. The Labute approximate surface area is 93.2 Å². The second-order valence-electron chi connectivity index (χ2n) is 3.20. The first-order chi connectivity index (χ1) is 7.85. The van der Waals surface area contributed by atoms with Crippen molar-refractivity contribution < 1.29 is 0 Å². The fraction of sp³-hybridized carbons (Fsp3) is 0. The van der Waals surface area contributed by atoms with E-state index in [0.717, 1.165) is 0 Å². The summed E-state index contributed by atoms with van der Waals surface area (Å²) in [6, 6.07) is 14.6. The summed E-state index contributed by atoms with van der Waals surface area (Å²) >= 11 is 0. The summed E-state index contributed by atoms with van der Waals surface area (Å²) in [4.78, 5) is 4.17. The topological polar surface area (TPSA) is 60.5 Å². The number of benzene rings is 1. The lowest BCUT2D eigenvalue weighted by molar-refractivity contribution is 1.31. The van der Waals surface area contributed by atoms with Crippen LogP contribution in [0.5, 0.6) is 0 Å². The van der Waals surface area contributed by atoms with Crippen LogP contribution < -0.4 is 0 Å². The predicted octanol–water partition coefficient (Wildman–Crippen LogP) is 2.49. The summed E-state index contributed by atoms with van der Waals surface area (Å²) in [5, 5.41) is 17.8. The van der Waals surface area contributed by atoms with E-state index in [-0.39, 0.29) is 0 Å². The molecule has 0 spiro atoms. The molecule has 0 aliphatic carbocycles. The Hall–Kier alpha value is -2.65. The van der Waals surface area contributed by atoms with Crippen LogP contribution in [0.1, 0.15) is 11.1 Å². The van der Waals surface area contributed by atoms with Crippen molar-refractivity contribution in [2.24, 2.45) is 0 Å². The third-order valence-corrected chi connectivity index (χ3v) is 2.21. The van der Waals surface area contributed by atoms with Crippen molar-refractivity contribution in [3.8, 4) is 23.4 Å². The van der Waals surface area contributed by atoms with Crippen LogP contribution in [0.2, 0.25) is 0 Å². The molecule has 0 saturated heterocycles. The molecule has 0 fully saturated rings. The highest BCUT2D eigenvalue weighted by Crippen LogP contribution is 2.22. The minimum atomic E-state index is 0.526.